The van der Waals surface area contributed by atoms with E-state index in [-0.39, 0.29) is 11.4 Å². The van der Waals surface area contributed by atoms with Gasteiger partial charge in [0.15, 0.2) is 0 Å². The predicted octanol–water partition coefficient (Wildman–Crippen LogP) is 1.41. The molecule has 0 saturated carbocycles. The van der Waals surface area contributed by atoms with Crippen LogP contribution in [-0.2, 0) is 16.0 Å². The fraction of sp³-hybridized carbons (Fsp3) is 0.533. The van der Waals surface area contributed by atoms with Crippen LogP contribution in [0.1, 0.15) is 18.4 Å². The molecule has 0 aromatic heterocycles. The quantitative estimate of drug-likeness (QED) is 0.828. The fourth-order valence-electron chi connectivity index (χ4n) is 3.70. The zero-order valence-electron chi connectivity index (χ0n) is 10.9. The monoisotopic (exact) mass is 258 g/mol. The second-order valence-corrected chi connectivity index (χ2v) is 5.81. The summed E-state index contributed by atoms with van der Waals surface area (Å²) in [6.45, 7) is 2.57. The van der Waals surface area contributed by atoms with Gasteiger partial charge in [0.1, 0.15) is 5.54 Å². The van der Waals surface area contributed by atoms with Crippen LogP contribution in [0.3, 0.4) is 0 Å². The Morgan fingerprint density at radius 1 is 1.32 bits per heavy atom. The maximum atomic E-state index is 12.6. The van der Waals surface area contributed by atoms with Crippen molar-refractivity contribution in [2.24, 2.45) is 0 Å². The van der Waals surface area contributed by atoms with E-state index in [4.69, 9.17) is 4.74 Å². The van der Waals surface area contributed by atoms with Crippen LogP contribution in [0.2, 0.25) is 0 Å². The molecule has 1 aromatic carbocycles. The van der Waals surface area contributed by atoms with Crippen LogP contribution >= 0.6 is 0 Å². The van der Waals surface area contributed by atoms with Crippen molar-refractivity contribution in [1.29, 1.82) is 0 Å². The number of fused-ring (bicyclic) bond motifs is 1. The lowest BCUT2D eigenvalue weighted by Crippen LogP contribution is -2.63. The van der Waals surface area contributed by atoms with Gasteiger partial charge >= 0.3 is 0 Å². The van der Waals surface area contributed by atoms with Gasteiger partial charge in [-0.1, -0.05) is 18.2 Å². The van der Waals surface area contributed by atoms with Crippen molar-refractivity contribution >= 4 is 11.6 Å². The van der Waals surface area contributed by atoms with Gasteiger partial charge in [0.05, 0.1) is 19.3 Å². The second kappa shape index (κ2) is 4.05. The molecular formula is C15H18N2O2. The Labute approximate surface area is 112 Å². The summed E-state index contributed by atoms with van der Waals surface area (Å²) < 4.78 is 5.31. The van der Waals surface area contributed by atoms with Gasteiger partial charge in [-0.15, -0.1) is 0 Å². The summed E-state index contributed by atoms with van der Waals surface area (Å²) in [6.07, 6.45) is 2.90. The Balaban J connectivity index is 1.72. The number of para-hydroxylation sites is 1. The Morgan fingerprint density at radius 2 is 2.16 bits per heavy atom. The highest BCUT2D eigenvalue weighted by molar-refractivity contribution is 6.01. The van der Waals surface area contributed by atoms with Gasteiger partial charge in [-0.2, -0.15) is 0 Å². The van der Waals surface area contributed by atoms with E-state index in [1.807, 2.05) is 12.1 Å². The molecule has 1 atom stereocenters. The molecule has 2 saturated heterocycles. The summed E-state index contributed by atoms with van der Waals surface area (Å²) in [5.74, 6) is 0.176. The van der Waals surface area contributed by atoms with Gasteiger partial charge in [0.2, 0.25) is 5.91 Å². The van der Waals surface area contributed by atoms with E-state index in [2.05, 4.69) is 22.3 Å². The van der Waals surface area contributed by atoms with Crippen molar-refractivity contribution in [3.05, 3.63) is 29.8 Å². The number of hydrogen-bond acceptors (Lipinski definition) is 3. The summed E-state index contributed by atoms with van der Waals surface area (Å²) in [5.41, 5.74) is 1.91. The third-order valence-electron chi connectivity index (χ3n) is 4.77. The van der Waals surface area contributed by atoms with Gasteiger partial charge in [-0.25, -0.2) is 0 Å². The molecule has 1 aromatic rings. The lowest BCUT2D eigenvalue weighted by molar-refractivity contribution is -0.137. The number of nitrogens with zero attached hydrogens (tertiary/aromatic N) is 1. The topological polar surface area (TPSA) is 41.6 Å². The first kappa shape index (κ1) is 11.4. The van der Waals surface area contributed by atoms with Crippen molar-refractivity contribution in [1.82, 2.24) is 4.90 Å². The average Bonchev–Trinajstić information content (AvgIpc) is 2.74. The molecule has 1 spiro atoms. The number of benzene rings is 1. The summed E-state index contributed by atoms with van der Waals surface area (Å²) in [6, 6.07) is 8.58. The number of rotatable bonds is 1. The minimum atomic E-state index is -0.331. The highest BCUT2D eigenvalue weighted by Gasteiger charge is 2.52. The first-order valence-electron chi connectivity index (χ1n) is 7.03. The molecule has 0 bridgehead atoms. The molecule has 0 aliphatic carbocycles. The minimum absolute atomic E-state index is 0.176. The van der Waals surface area contributed by atoms with E-state index in [1.54, 1.807) is 0 Å². The zero-order chi connectivity index (χ0) is 12.9. The Morgan fingerprint density at radius 3 is 2.95 bits per heavy atom. The van der Waals surface area contributed by atoms with Gasteiger partial charge < -0.3 is 10.1 Å². The molecular weight excluding hydrogens is 240 g/mol. The molecule has 3 heterocycles. The largest absolute Gasteiger partial charge is 0.378 e. The molecule has 1 amide bonds. The highest BCUT2D eigenvalue weighted by Crippen LogP contribution is 2.41. The Kier molecular flexibility index (Phi) is 2.44. The molecule has 3 aliphatic heterocycles. The van der Waals surface area contributed by atoms with Crippen LogP contribution < -0.4 is 5.32 Å². The van der Waals surface area contributed by atoms with Gasteiger partial charge in [0.25, 0.3) is 0 Å². The normalized spacial score (nSPS) is 31.1. The van der Waals surface area contributed by atoms with E-state index in [9.17, 15) is 4.79 Å². The van der Waals surface area contributed by atoms with E-state index >= 15 is 0 Å². The summed E-state index contributed by atoms with van der Waals surface area (Å²) in [4.78, 5) is 15.0. The highest BCUT2D eigenvalue weighted by atomic mass is 16.5. The molecule has 4 rings (SSSR count). The van der Waals surface area contributed by atoms with Crippen molar-refractivity contribution < 1.29 is 9.53 Å². The number of likely N-dealkylation sites (tertiary alicyclic amines) is 1. The van der Waals surface area contributed by atoms with Crippen molar-refractivity contribution in [3.8, 4) is 0 Å². The van der Waals surface area contributed by atoms with Crippen LogP contribution in [0.5, 0.6) is 0 Å². The maximum Gasteiger partial charge on any atom is 0.245 e. The Hall–Kier alpha value is -1.39. The molecule has 19 heavy (non-hydrogen) atoms. The first-order chi connectivity index (χ1) is 9.29. The standard InChI is InChI=1S/C15H18N2O2/c18-14-15(6-3-7-17(15)12-9-19-10-12)8-11-4-1-2-5-13(11)16-14/h1-2,4-5,12H,3,6-10H2,(H,16,18). The van der Waals surface area contributed by atoms with Crippen LogP contribution in [0.4, 0.5) is 5.69 Å². The number of nitrogens with one attached hydrogen (secondary N) is 1. The van der Waals surface area contributed by atoms with Gasteiger partial charge in [-0.05, 0) is 31.0 Å². The molecule has 1 N–H and O–H groups in total. The van der Waals surface area contributed by atoms with Crippen LogP contribution in [0.25, 0.3) is 0 Å². The molecule has 100 valence electrons. The summed E-state index contributed by atoms with van der Waals surface area (Å²) in [7, 11) is 0. The molecule has 0 radical (unpaired) electrons. The fourth-order valence-corrected chi connectivity index (χ4v) is 3.70. The average molecular weight is 258 g/mol. The van der Waals surface area contributed by atoms with Crippen molar-refractivity contribution in [2.75, 3.05) is 25.1 Å². The van der Waals surface area contributed by atoms with Gasteiger partial charge in [-0.3, -0.25) is 9.69 Å². The van der Waals surface area contributed by atoms with E-state index in [0.29, 0.717) is 6.04 Å². The number of carbonyl (C=O) groups excluding carboxylic acids is 1. The minimum Gasteiger partial charge on any atom is -0.378 e. The number of ether oxygens (including phenoxy) is 1. The maximum absolute atomic E-state index is 12.6. The lowest BCUT2D eigenvalue weighted by Gasteiger charge is -2.47. The third kappa shape index (κ3) is 1.56. The van der Waals surface area contributed by atoms with Crippen LogP contribution in [0.15, 0.2) is 24.3 Å². The predicted molar refractivity (Wildman–Crippen MR) is 72.1 cm³/mol. The number of carbonyl (C=O) groups is 1. The second-order valence-electron chi connectivity index (χ2n) is 5.81. The third-order valence-corrected chi connectivity index (χ3v) is 4.77. The van der Waals surface area contributed by atoms with Crippen LogP contribution in [0, 0.1) is 0 Å². The van der Waals surface area contributed by atoms with E-state index < -0.39 is 0 Å². The van der Waals surface area contributed by atoms with Crippen molar-refractivity contribution in [3.63, 3.8) is 0 Å². The zero-order valence-corrected chi connectivity index (χ0v) is 10.9. The number of hydrogen-bond donors (Lipinski definition) is 1. The smallest absolute Gasteiger partial charge is 0.245 e. The summed E-state index contributed by atoms with van der Waals surface area (Å²) >= 11 is 0. The summed E-state index contributed by atoms with van der Waals surface area (Å²) in [5, 5.41) is 3.10. The van der Waals surface area contributed by atoms with Crippen molar-refractivity contribution in [2.45, 2.75) is 30.8 Å². The number of amides is 1. The van der Waals surface area contributed by atoms with Crippen LogP contribution in [-0.4, -0.2) is 42.1 Å². The SMILES string of the molecule is O=C1Nc2ccccc2CC12CCCN2C1COC1. The molecule has 4 nitrogen and oxygen atoms in total. The molecule has 2 fully saturated rings. The molecule has 4 heteroatoms. The van der Waals surface area contributed by atoms with Gasteiger partial charge in [0, 0.05) is 12.1 Å². The molecule has 3 aliphatic rings. The molecule has 1 unspecified atom stereocenters. The Bertz CT molecular complexity index is 527. The lowest BCUT2D eigenvalue weighted by atomic mass is 9.82. The number of anilines is 1. The first-order valence-corrected chi connectivity index (χ1v) is 7.03. The van der Waals surface area contributed by atoms with E-state index in [1.165, 1.54) is 5.56 Å². The van der Waals surface area contributed by atoms with E-state index in [0.717, 1.165) is 44.7 Å².